The summed E-state index contributed by atoms with van der Waals surface area (Å²) in [7, 11) is 0. The Morgan fingerprint density at radius 2 is 1.74 bits per heavy atom. The van der Waals surface area contributed by atoms with Crippen molar-refractivity contribution >= 4 is 45.3 Å². The third-order valence-corrected chi connectivity index (χ3v) is 6.10. The van der Waals surface area contributed by atoms with Crippen molar-refractivity contribution in [3.05, 3.63) is 75.6 Å². The molecule has 0 radical (unpaired) electrons. The van der Waals surface area contributed by atoms with Gasteiger partial charge in [0.15, 0.2) is 5.13 Å². The van der Waals surface area contributed by atoms with E-state index in [0.717, 1.165) is 21.8 Å². The van der Waals surface area contributed by atoms with E-state index in [1.165, 1.54) is 22.7 Å². The number of carbonyl (C=O) groups is 1. The molecule has 2 aromatic carbocycles. The van der Waals surface area contributed by atoms with E-state index < -0.39 is 0 Å². The Kier molecular flexibility index (Phi) is 5.03. The highest BCUT2D eigenvalue weighted by molar-refractivity contribution is 7.17. The minimum atomic E-state index is -0.191. The van der Waals surface area contributed by atoms with Gasteiger partial charge < -0.3 is 0 Å². The minimum Gasteiger partial charge on any atom is -0.297 e. The van der Waals surface area contributed by atoms with Crippen LogP contribution in [0.15, 0.2) is 60.0 Å². The smallest absolute Gasteiger partial charge is 0.269 e. The Morgan fingerprint density at radius 1 is 1.00 bits per heavy atom. The number of hydrogen-bond acceptors (Lipinski definition) is 5. The Hall–Kier alpha value is -2.54. The molecule has 7 heteroatoms. The van der Waals surface area contributed by atoms with E-state index in [4.69, 9.17) is 11.6 Å². The highest BCUT2D eigenvalue weighted by atomic mass is 35.5. The molecule has 0 aliphatic heterocycles. The number of hydrogen-bond donors (Lipinski definition) is 1. The fraction of sp³-hybridized carbons (Fsp3) is 0.0500. The molecule has 4 aromatic rings. The van der Waals surface area contributed by atoms with Gasteiger partial charge in [0.25, 0.3) is 5.91 Å². The van der Waals surface area contributed by atoms with Crippen molar-refractivity contribution in [3.63, 3.8) is 0 Å². The van der Waals surface area contributed by atoms with Gasteiger partial charge in [-0.2, -0.15) is 0 Å². The summed E-state index contributed by atoms with van der Waals surface area (Å²) in [4.78, 5) is 22.3. The second-order valence-corrected chi connectivity index (χ2v) is 8.09. The van der Waals surface area contributed by atoms with E-state index in [-0.39, 0.29) is 5.91 Å². The van der Waals surface area contributed by atoms with Crippen LogP contribution in [0.5, 0.6) is 0 Å². The molecular weight excluding hydrogens is 398 g/mol. The van der Waals surface area contributed by atoms with Gasteiger partial charge in [0.1, 0.15) is 9.88 Å². The molecule has 2 aromatic heterocycles. The first-order chi connectivity index (χ1) is 13.1. The number of nitrogens with one attached hydrogen (secondary N) is 1. The number of halogens is 1. The lowest BCUT2D eigenvalue weighted by atomic mass is 10.2. The molecule has 0 atom stereocenters. The SMILES string of the molecule is Cc1nc(-c2ccccc2)sc1C(=O)Nc1nc(-c2ccc(Cl)cc2)cs1. The quantitative estimate of drug-likeness (QED) is 0.438. The Bertz CT molecular complexity index is 1090. The fourth-order valence-electron chi connectivity index (χ4n) is 2.55. The van der Waals surface area contributed by atoms with Crippen LogP contribution in [0.25, 0.3) is 21.8 Å². The zero-order valence-electron chi connectivity index (χ0n) is 14.3. The molecule has 0 saturated heterocycles. The summed E-state index contributed by atoms with van der Waals surface area (Å²) in [6.07, 6.45) is 0. The van der Waals surface area contributed by atoms with Crippen LogP contribution in [0.4, 0.5) is 5.13 Å². The lowest BCUT2D eigenvalue weighted by Crippen LogP contribution is -2.11. The van der Waals surface area contributed by atoms with Crippen molar-refractivity contribution in [2.75, 3.05) is 5.32 Å². The van der Waals surface area contributed by atoms with E-state index in [1.807, 2.05) is 66.9 Å². The molecule has 4 rings (SSSR count). The largest absolute Gasteiger partial charge is 0.297 e. The first-order valence-corrected chi connectivity index (χ1v) is 10.2. The summed E-state index contributed by atoms with van der Waals surface area (Å²) in [6.45, 7) is 1.85. The van der Waals surface area contributed by atoms with Crippen molar-refractivity contribution in [1.29, 1.82) is 0 Å². The zero-order chi connectivity index (χ0) is 18.8. The molecule has 0 aliphatic rings. The number of rotatable bonds is 4. The third kappa shape index (κ3) is 3.93. The maximum atomic E-state index is 12.7. The maximum absolute atomic E-state index is 12.7. The molecular formula is C20H14ClN3OS2. The Morgan fingerprint density at radius 3 is 2.48 bits per heavy atom. The molecule has 0 saturated carbocycles. The van der Waals surface area contributed by atoms with Crippen molar-refractivity contribution in [3.8, 4) is 21.8 Å². The second-order valence-electron chi connectivity index (χ2n) is 5.80. The summed E-state index contributed by atoms with van der Waals surface area (Å²) in [5, 5.41) is 6.85. The lowest BCUT2D eigenvalue weighted by Gasteiger charge is -1.99. The average molecular weight is 412 g/mol. The van der Waals surface area contributed by atoms with Crippen LogP contribution in [-0.4, -0.2) is 15.9 Å². The number of carbonyl (C=O) groups excluding carboxylic acids is 1. The topological polar surface area (TPSA) is 54.9 Å². The molecule has 0 unspecified atom stereocenters. The van der Waals surface area contributed by atoms with E-state index in [2.05, 4.69) is 15.3 Å². The number of anilines is 1. The van der Waals surface area contributed by atoms with Gasteiger partial charge in [0, 0.05) is 21.5 Å². The van der Waals surface area contributed by atoms with Gasteiger partial charge >= 0.3 is 0 Å². The average Bonchev–Trinajstić information content (AvgIpc) is 3.30. The van der Waals surface area contributed by atoms with Gasteiger partial charge in [0.2, 0.25) is 0 Å². The van der Waals surface area contributed by atoms with Crippen molar-refractivity contribution in [2.24, 2.45) is 0 Å². The van der Waals surface area contributed by atoms with Gasteiger partial charge in [-0.25, -0.2) is 9.97 Å². The van der Waals surface area contributed by atoms with Crippen LogP contribution in [0, 0.1) is 6.92 Å². The van der Waals surface area contributed by atoms with Crippen molar-refractivity contribution in [1.82, 2.24) is 9.97 Å². The molecule has 0 spiro atoms. The van der Waals surface area contributed by atoms with Gasteiger partial charge in [-0.15, -0.1) is 22.7 Å². The Labute approximate surface area is 169 Å². The number of aryl methyl sites for hydroxylation is 1. The molecule has 27 heavy (non-hydrogen) atoms. The van der Waals surface area contributed by atoms with Gasteiger partial charge in [-0.3, -0.25) is 10.1 Å². The van der Waals surface area contributed by atoms with Crippen LogP contribution in [0.3, 0.4) is 0 Å². The first kappa shape index (κ1) is 17.9. The molecule has 0 aliphatic carbocycles. The van der Waals surface area contributed by atoms with Crippen molar-refractivity contribution < 1.29 is 4.79 Å². The monoisotopic (exact) mass is 411 g/mol. The molecule has 0 fully saturated rings. The van der Waals surface area contributed by atoms with E-state index in [1.54, 1.807) is 0 Å². The summed E-state index contributed by atoms with van der Waals surface area (Å²) < 4.78 is 0. The highest BCUT2D eigenvalue weighted by Gasteiger charge is 2.17. The molecule has 4 nitrogen and oxygen atoms in total. The maximum Gasteiger partial charge on any atom is 0.269 e. The number of nitrogens with zero attached hydrogens (tertiary/aromatic N) is 2. The van der Waals surface area contributed by atoms with Crippen molar-refractivity contribution in [2.45, 2.75) is 6.92 Å². The summed E-state index contributed by atoms with van der Waals surface area (Å²) in [5.74, 6) is -0.191. The minimum absolute atomic E-state index is 0.191. The third-order valence-electron chi connectivity index (χ3n) is 3.89. The molecule has 0 bridgehead atoms. The van der Waals surface area contributed by atoms with Gasteiger partial charge in [-0.05, 0) is 19.1 Å². The summed E-state index contributed by atoms with van der Waals surface area (Å²) in [5.41, 5.74) is 3.48. The lowest BCUT2D eigenvalue weighted by molar-refractivity contribution is 0.103. The van der Waals surface area contributed by atoms with Crippen LogP contribution >= 0.6 is 34.3 Å². The predicted molar refractivity (Wildman–Crippen MR) is 113 cm³/mol. The van der Waals surface area contributed by atoms with Crippen LogP contribution in [0.2, 0.25) is 5.02 Å². The number of thiazole rings is 2. The molecule has 1 amide bonds. The van der Waals surface area contributed by atoms with E-state index in [0.29, 0.717) is 20.7 Å². The first-order valence-electron chi connectivity index (χ1n) is 8.16. The molecule has 1 N–H and O–H groups in total. The van der Waals surface area contributed by atoms with Crippen LogP contribution in [0.1, 0.15) is 15.4 Å². The Balaban J connectivity index is 1.53. The number of benzene rings is 2. The van der Waals surface area contributed by atoms with Gasteiger partial charge in [0.05, 0.1) is 11.4 Å². The standard InChI is InChI=1S/C20H14ClN3OS2/c1-12-17(27-19(22-12)14-5-3-2-4-6-14)18(25)24-20-23-16(11-26-20)13-7-9-15(21)10-8-13/h2-11H,1H3,(H,23,24,25). The summed E-state index contributed by atoms with van der Waals surface area (Å²) in [6, 6.07) is 17.3. The number of aromatic nitrogens is 2. The van der Waals surface area contributed by atoms with E-state index >= 15 is 0 Å². The molecule has 2 heterocycles. The second kappa shape index (κ2) is 7.60. The predicted octanol–water partition coefficient (Wildman–Crippen LogP) is 6.15. The number of amides is 1. The summed E-state index contributed by atoms with van der Waals surface area (Å²) >= 11 is 8.70. The van der Waals surface area contributed by atoms with Gasteiger partial charge in [-0.1, -0.05) is 54.1 Å². The molecule has 134 valence electrons. The normalized spacial score (nSPS) is 10.7. The fourth-order valence-corrected chi connectivity index (χ4v) is 4.36. The van der Waals surface area contributed by atoms with Crippen LogP contribution in [-0.2, 0) is 0 Å². The van der Waals surface area contributed by atoms with Crippen LogP contribution < -0.4 is 5.32 Å². The zero-order valence-corrected chi connectivity index (χ0v) is 16.7. The highest BCUT2D eigenvalue weighted by Crippen LogP contribution is 2.30. The van der Waals surface area contributed by atoms with E-state index in [9.17, 15) is 4.79 Å².